The van der Waals surface area contributed by atoms with Gasteiger partial charge in [-0.25, -0.2) is 9.78 Å². The summed E-state index contributed by atoms with van der Waals surface area (Å²) in [6, 6.07) is 7.36. The van der Waals surface area contributed by atoms with Gasteiger partial charge in [-0.05, 0) is 43.0 Å². The summed E-state index contributed by atoms with van der Waals surface area (Å²) in [7, 11) is 3.04. The number of hydrogen-bond donors (Lipinski definition) is 1. The van der Waals surface area contributed by atoms with Crippen molar-refractivity contribution < 1.29 is 4.79 Å². The van der Waals surface area contributed by atoms with Crippen molar-refractivity contribution in [3.8, 4) is 0 Å². The molecule has 3 aromatic rings. The smallest absolute Gasteiger partial charge is 0.332 e. The second-order valence-electron chi connectivity index (χ2n) is 7.07. The molecule has 0 atom stereocenters. The van der Waals surface area contributed by atoms with Crippen LogP contribution >= 0.6 is 11.6 Å². The lowest BCUT2D eigenvalue weighted by Crippen LogP contribution is -2.38. The van der Waals surface area contributed by atoms with E-state index in [1.54, 1.807) is 13.1 Å². The minimum Gasteiger partial charge on any atom is -0.352 e. The van der Waals surface area contributed by atoms with Crippen molar-refractivity contribution in [2.45, 2.75) is 33.2 Å². The Bertz CT molecular complexity index is 1230. The minimum absolute atomic E-state index is 0.114. The van der Waals surface area contributed by atoms with Crippen LogP contribution in [-0.2, 0) is 31.9 Å². The lowest BCUT2D eigenvalue weighted by Gasteiger charge is -2.15. The van der Waals surface area contributed by atoms with E-state index in [1.807, 2.05) is 32.0 Å². The number of nitrogens with one attached hydrogen (secondary N) is 1. The van der Waals surface area contributed by atoms with Crippen molar-refractivity contribution in [1.29, 1.82) is 0 Å². The molecule has 152 valence electrons. The van der Waals surface area contributed by atoms with Gasteiger partial charge in [-0.1, -0.05) is 29.8 Å². The highest BCUT2D eigenvalue weighted by molar-refractivity contribution is 6.31. The number of pyridine rings is 1. The van der Waals surface area contributed by atoms with Crippen LogP contribution in [0.15, 0.2) is 33.9 Å². The summed E-state index contributed by atoms with van der Waals surface area (Å²) in [4.78, 5) is 41.6. The fourth-order valence-electron chi connectivity index (χ4n) is 3.47. The second kappa shape index (κ2) is 8.21. The van der Waals surface area contributed by atoms with Gasteiger partial charge in [-0.2, -0.15) is 0 Å². The van der Waals surface area contributed by atoms with Crippen LogP contribution in [0.5, 0.6) is 0 Å². The Kier molecular flexibility index (Phi) is 5.88. The maximum absolute atomic E-state index is 12.6. The van der Waals surface area contributed by atoms with Crippen molar-refractivity contribution in [3.05, 3.63) is 72.5 Å². The van der Waals surface area contributed by atoms with E-state index >= 15 is 0 Å². The topological polar surface area (TPSA) is 86.0 Å². The highest BCUT2D eigenvalue weighted by atomic mass is 35.5. The summed E-state index contributed by atoms with van der Waals surface area (Å²) in [5.41, 5.74) is 2.73. The molecule has 2 heterocycles. The summed E-state index contributed by atoms with van der Waals surface area (Å²) >= 11 is 6.11. The number of carbonyl (C=O) groups is 1. The monoisotopic (exact) mass is 414 g/mol. The molecule has 0 unspecified atom stereocenters. The van der Waals surface area contributed by atoms with Crippen LogP contribution in [0.4, 0.5) is 0 Å². The van der Waals surface area contributed by atoms with E-state index in [1.165, 1.54) is 11.6 Å². The average molecular weight is 415 g/mol. The molecule has 0 saturated carbocycles. The number of fused-ring (bicyclic) bond motifs is 1. The number of aryl methyl sites for hydroxylation is 3. The van der Waals surface area contributed by atoms with Gasteiger partial charge < -0.3 is 5.32 Å². The summed E-state index contributed by atoms with van der Waals surface area (Å²) < 4.78 is 2.45. The molecule has 2 aromatic heterocycles. The zero-order valence-electron chi connectivity index (χ0n) is 16.9. The molecule has 0 aliphatic carbocycles. The third-order valence-corrected chi connectivity index (χ3v) is 5.58. The number of hydrogen-bond acceptors (Lipinski definition) is 4. The van der Waals surface area contributed by atoms with E-state index in [0.29, 0.717) is 34.7 Å². The van der Waals surface area contributed by atoms with Crippen molar-refractivity contribution in [3.63, 3.8) is 0 Å². The van der Waals surface area contributed by atoms with E-state index in [4.69, 9.17) is 11.6 Å². The predicted molar refractivity (Wildman–Crippen MR) is 113 cm³/mol. The molecule has 0 aliphatic heterocycles. The van der Waals surface area contributed by atoms with Crippen LogP contribution in [0.3, 0.4) is 0 Å². The maximum Gasteiger partial charge on any atom is 0.332 e. The van der Waals surface area contributed by atoms with E-state index in [9.17, 15) is 14.4 Å². The van der Waals surface area contributed by atoms with Crippen molar-refractivity contribution in [2.24, 2.45) is 14.1 Å². The van der Waals surface area contributed by atoms with Crippen LogP contribution in [-0.4, -0.2) is 20.0 Å². The summed E-state index contributed by atoms with van der Waals surface area (Å²) in [6.07, 6.45) is 0.701. The van der Waals surface area contributed by atoms with Gasteiger partial charge in [0.05, 0.1) is 5.39 Å². The van der Waals surface area contributed by atoms with E-state index in [-0.39, 0.29) is 17.9 Å². The number of rotatable bonds is 5. The van der Waals surface area contributed by atoms with Gasteiger partial charge >= 0.3 is 5.69 Å². The van der Waals surface area contributed by atoms with Crippen LogP contribution < -0.4 is 16.6 Å². The molecular weight excluding hydrogens is 392 g/mol. The van der Waals surface area contributed by atoms with Gasteiger partial charge in [0.2, 0.25) is 5.91 Å². The quantitative estimate of drug-likeness (QED) is 0.693. The van der Waals surface area contributed by atoms with Crippen molar-refractivity contribution in [2.75, 3.05) is 0 Å². The zero-order chi connectivity index (χ0) is 21.3. The number of nitrogens with zero attached hydrogens (tertiary/aromatic N) is 3. The average Bonchev–Trinajstić information content (AvgIpc) is 2.69. The minimum atomic E-state index is -0.416. The van der Waals surface area contributed by atoms with Crippen LogP contribution in [0, 0.1) is 13.8 Å². The highest BCUT2D eigenvalue weighted by Crippen LogP contribution is 2.20. The number of halogens is 1. The number of carbonyl (C=O) groups excluding carboxylic acids is 1. The molecule has 29 heavy (non-hydrogen) atoms. The van der Waals surface area contributed by atoms with Gasteiger partial charge in [0.15, 0.2) is 0 Å². The summed E-state index contributed by atoms with van der Waals surface area (Å²) in [6.45, 7) is 4.01. The summed E-state index contributed by atoms with van der Waals surface area (Å²) in [5, 5.41) is 3.89. The van der Waals surface area contributed by atoms with Crippen molar-refractivity contribution >= 4 is 28.5 Å². The summed E-state index contributed by atoms with van der Waals surface area (Å²) in [5.74, 6) is -0.114. The van der Waals surface area contributed by atoms with Gasteiger partial charge in [0, 0.05) is 37.8 Å². The van der Waals surface area contributed by atoms with Gasteiger partial charge in [-0.3, -0.25) is 18.7 Å². The molecule has 1 aromatic carbocycles. The number of aromatic nitrogens is 3. The molecule has 0 saturated heterocycles. The van der Waals surface area contributed by atoms with Crippen LogP contribution in [0.2, 0.25) is 5.02 Å². The van der Waals surface area contributed by atoms with E-state index in [0.717, 1.165) is 21.3 Å². The lowest BCUT2D eigenvalue weighted by molar-refractivity contribution is -0.121. The third-order valence-electron chi connectivity index (χ3n) is 5.21. The van der Waals surface area contributed by atoms with E-state index in [2.05, 4.69) is 10.3 Å². The van der Waals surface area contributed by atoms with Gasteiger partial charge in [0.25, 0.3) is 5.56 Å². The molecule has 0 radical (unpaired) electrons. The fourth-order valence-corrected chi connectivity index (χ4v) is 3.67. The first-order chi connectivity index (χ1) is 13.7. The number of benzene rings is 1. The Labute approximate surface area is 173 Å². The third kappa shape index (κ3) is 3.96. The molecule has 0 fully saturated rings. The molecule has 1 amide bonds. The number of amides is 1. The normalized spacial score (nSPS) is 11.1. The van der Waals surface area contributed by atoms with Crippen LogP contribution in [0.25, 0.3) is 11.0 Å². The van der Waals surface area contributed by atoms with Crippen molar-refractivity contribution in [1.82, 2.24) is 19.4 Å². The molecule has 8 heteroatoms. The Hall–Kier alpha value is -2.93. The van der Waals surface area contributed by atoms with Crippen LogP contribution in [0.1, 0.15) is 28.8 Å². The Morgan fingerprint density at radius 3 is 2.52 bits per heavy atom. The predicted octanol–water partition coefficient (Wildman–Crippen LogP) is 2.15. The lowest BCUT2D eigenvalue weighted by atomic mass is 10.00. The first-order valence-electron chi connectivity index (χ1n) is 9.28. The fraction of sp³-hybridized carbons (Fsp3) is 0.333. The Morgan fingerprint density at radius 1 is 1.14 bits per heavy atom. The zero-order valence-corrected chi connectivity index (χ0v) is 17.6. The molecule has 0 aliphatic rings. The van der Waals surface area contributed by atoms with E-state index < -0.39 is 5.69 Å². The standard InChI is InChI=1S/C21H23ClN4O3/c1-12-15(9-10-17(27)23-11-14-7-5-6-8-16(14)22)13(2)24-19-18(12)20(28)26(4)21(29)25(19)3/h5-8H,9-11H2,1-4H3,(H,23,27). The van der Waals surface area contributed by atoms with Gasteiger partial charge in [0.1, 0.15) is 5.65 Å². The highest BCUT2D eigenvalue weighted by Gasteiger charge is 2.17. The second-order valence-corrected chi connectivity index (χ2v) is 7.48. The maximum atomic E-state index is 12.6. The largest absolute Gasteiger partial charge is 0.352 e. The SMILES string of the molecule is Cc1nc2c(c(C)c1CCC(=O)NCc1ccccc1Cl)c(=O)n(C)c(=O)n2C. The molecule has 1 N–H and O–H groups in total. The Balaban J connectivity index is 1.83. The first kappa shape index (κ1) is 20.8. The van der Waals surface area contributed by atoms with Gasteiger partial charge in [-0.15, -0.1) is 0 Å². The molecule has 0 bridgehead atoms. The molecular formula is C21H23ClN4O3. The molecule has 7 nitrogen and oxygen atoms in total. The Morgan fingerprint density at radius 2 is 1.83 bits per heavy atom. The molecule has 3 rings (SSSR count). The first-order valence-corrected chi connectivity index (χ1v) is 9.66. The molecule has 0 spiro atoms.